The molecule has 208 valence electrons. The summed E-state index contributed by atoms with van der Waals surface area (Å²) < 4.78 is 28.2. The number of nitrogens with one attached hydrogen (secondary N) is 5. The molecule has 0 fully saturated rings. The van der Waals surface area contributed by atoms with Crippen molar-refractivity contribution in [3.8, 4) is 0 Å². The van der Waals surface area contributed by atoms with Gasteiger partial charge in [0.05, 0.1) is 22.0 Å². The van der Waals surface area contributed by atoms with E-state index in [0.29, 0.717) is 0 Å². The molecule has 0 aliphatic heterocycles. The standard InChI is InChI=1S/C29H25N5O6S/c1-19-12-15-23(16-13-19)41(39,40)34-22-14-17-24(30-28(37)32-26(35)20-8-4-2-5-9-20)25(18-22)31-29(38)33-27(36)21-10-6-3-7-11-21/h2-18,34H,1H3,(H2,30,32,35,37)(H2,31,33,36,38). The second-order valence-electron chi connectivity index (χ2n) is 8.73. The van der Waals surface area contributed by atoms with Gasteiger partial charge in [0.25, 0.3) is 21.8 Å². The molecule has 4 rings (SSSR count). The number of rotatable bonds is 7. The number of hydrogen-bond acceptors (Lipinski definition) is 6. The summed E-state index contributed by atoms with van der Waals surface area (Å²) in [4.78, 5) is 50.1. The fourth-order valence-corrected chi connectivity index (χ4v) is 4.64. The smallest absolute Gasteiger partial charge is 0.306 e. The Hall–Kier alpha value is -5.49. The van der Waals surface area contributed by atoms with Crippen molar-refractivity contribution >= 4 is 51.0 Å². The molecule has 12 heteroatoms. The molecule has 0 aliphatic rings. The van der Waals surface area contributed by atoms with E-state index in [9.17, 15) is 27.6 Å². The van der Waals surface area contributed by atoms with Gasteiger partial charge in [0.15, 0.2) is 0 Å². The van der Waals surface area contributed by atoms with Gasteiger partial charge in [-0.15, -0.1) is 0 Å². The molecule has 0 spiro atoms. The van der Waals surface area contributed by atoms with E-state index < -0.39 is 33.9 Å². The molecule has 4 aromatic rings. The van der Waals surface area contributed by atoms with Crippen molar-refractivity contribution in [1.29, 1.82) is 0 Å². The number of aryl methyl sites for hydroxylation is 1. The molecule has 5 N–H and O–H groups in total. The van der Waals surface area contributed by atoms with Gasteiger partial charge < -0.3 is 10.6 Å². The lowest BCUT2D eigenvalue weighted by molar-refractivity contribution is 0.0957. The quantitative estimate of drug-likeness (QED) is 0.216. The van der Waals surface area contributed by atoms with Crippen LogP contribution in [0.25, 0.3) is 0 Å². The zero-order valence-corrected chi connectivity index (χ0v) is 22.5. The van der Waals surface area contributed by atoms with Gasteiger partial charge in [-0.2, -0.15) is 0 Å². The molecule has 0 unspecified atom stereocenters. The lowest BCUT2D eigenvalue weighted by atomic mass is 10.2. The van der Waals surface area contributed by atoms with Crippen LogP contribution in [-0.4, -0.2) is 32.3 Å². The third kappa shape index (κ3) is 7.77. The summed E-state index contributed by atoms with van der Waals surface area (Å²) in [6.45, 7) is 1.82. The summed E-state index contributed by atoms with van der Waals surface area (Å²) in [5.41, 5.74) is 1.38. The highest BCUT2D eigenvalue weighted by Crippen LogP contribution is 2.28. The van der Waals surface area contributed by atoms with Crippen molar-refractivity contribution < 1.29 is 27.6 Å². The second kappa shape index (κ2) is 12.6. The van der Waals surface area contributed by atoms with E-state index in [0.717, 1.165) is 5.56 Å². The molecule has 0 aliphatic carbocycles. The lowest BCUT2D eigenvalue weighted by Gasteiger charge is -2.16. The SMILES string of the molecule is Cc1ccc(S(=O)(=O)Nc2ccc(NC(=O)NC(=O)c3ccccc3)c(NC(=O)NC(=O)c3ccccc3)c2)cc1. The van der Waals surface area contributed by atoms with Crippen LogP contribution in [0.4, 0.5) is 26.7 Å². The summed E-state index contributed by atoms with van der Waals surface area (Å²) in [6, 6.07) is 24.4. The Morgan fingerprint density at radius 3 is 1.59 bits per heavy atom. The van der Waals surface area contributed by atoms with Crippen LogP contribution in [0.3, 0.4) is 0 Å². The van der Waals surface area contributed by atoms with Crippen LogP contribution in [-0.2, 0) is 10.0 Å². The van der Waals surface area contributed by atoms with Gasteiger partial charge in [0.1, 0.15) is 0 Å². The average Bonchev–Trinajstić information content (AvgIpc) is 2.95. The van der Waals surface area contributed by atoms with Gasteiger partial charge in [-0.3, -0.25) is 24.9 Å². The van der Waals surface area contributed by atoms with Gasteiger partial charge in [-0.25, -0.2) is 18.0 Å². The van der Waals surface area contributed by atoms with Crippen LogP contribution in [0.1, 0.15) is 26.3 Å². The van der Waals surface area contributed by atoms with E-state index in [2.05, 4.69) is 26.0 Å². The molecule has 0 saturated heterocycles. The van der Waals surface area contributed by atoms with Crippen LogP contribution in [0.2, 0.25) is 0 Å². The molecule has 0 saturated carbocycles. The summed E-state index contributed by atoms with van der Waals surface area (Å²) in [6.07, 6.45) is 0. The lowest BCUT2D eigenvalue weighted by Crippen LogP contribution is -2.36. The van der Waals surface area contributed by atoms with Gasteiger partial charge >= 0.3 is 12.1 Å². The Kier molecular flexibility index (Phi) is 8.75. The molecular formula is C29H25N5O6S. The normalized spacial score (nSPS) is 10.7. The first-order valence-electron chi connectivity index (χ1n) is 12.2. The maximum atomic E-state index is 12.9. The van der Waals surface area contributed by atoms with E-state index in [1.54, 1.807) is 48.5 Å². The number of anilines is 3. The minimum atomic E-state index is -3.99. The second-order valence-corrected chi connectivity index (χ2v) is 10.4. The molecule has 41 heavy (non-hydrogen) atoms. The third-order valence-corrected chi connectivity index (χ3v) is 7.02. The molecule has 0 bridgehead atoms. The van der Waals surface area contributed by atoms with Crippen molar-refractivity contribution in [2.75, 3.05) is 15.4 Å². The molecule has 0 atom stereocenters. The van der Waals surface area contributed by atoms with Crippen LogP contribution < -0.4 is 26.0 Å². The monoisotopic (exact) mass is 571 g/mol. The number of benzene rings is 4. The van der Waals surface area contributed by atoms with Crippen LogP contribution in [0.5, 0.6) is 0 Å². The summed E-state index contributed by atoms with van der Waals surface area (Å²) >= 11 is 0. The Balaban J connectivity index is 1.56. The van der Waals surface area contributed by atoms with Crippen molar-refractivity contribution in [1.82, 2.24) is 10.6 Å². The Morgan fingerprint density at radius 1 is 0.585 bits per heavy atom. The largest absolute Gasteiger partial charge is 0.326 e. The maximum Gasteiger partial charge on any atom is 0.326 e. The van der Waals surface area contributed by atoms with E-state index in [4.69, 9.17) is 0 Å². The first-order chi connectivity index (χ1) is 19.6. The molecule has 0 aromatic heterocycles. The topological polar surface area (TPSA) is 163 Å². The van der Waals surface area contributed by atoms with E-state index in [1.807, 2.05) is 6.92 Å². The van der Waals surface area contributed by atoms with Crippen LogP contribution >= 0.6 is 0 Å². The Bertz CT molecular complexity index is 1690. The maximum absolute atomic E-state index is 12.9. The summed E-state index contributed by atoms with van der Waals surface area (Å²) in [7, 11) is -3.99. The Labute approximate surface area is 236 Å². The molecule has 0 radical (unpaired) electrons. The van der Waals surface area contributed by atoms with Gasteiger partial charge in [-0.1, -0.05) is 54.1 Å². The fraction of sp³-hybridized carbons (Fsp3) is 0.0345. The fourth-order valence-electron chi connectivity index (χ4n) is 3.59. The van der Waals surface area contributed by atoms with Crippen molar-refractivity contribution in [2.45, 2.75) is 11.8 Å². The number of amides is 6. The highest BCUT2D eigenvalue weighted by atomic mass is 32.2. The summed E-state index contributed by atoms with van der Waals surface area (Å²) in [5, 5.41) is 9.24. The number of carbonyl (C=O) groups excluding carboxylic acids is 4. The first-order valence-corrected chi connectivity index (χ1v) is 13.7. The van der Waals surface area contributed by atoms with Crippen molar-refractivity contribution in [3.05, 3.63) is 120 Å². The number of sulfonamides is 1. The zero-order chi connectivity index (χ0) is 29.4. The zero-order valence-electron chi connectivity index (χ0n) is 21.7. The number of hydrogen-bond donors (Lipinski definition) is 5. The Morgan fingerprint density at radius 2 is 1.07 bits per heavy atom. The van der Waals surface area contributed by atoms with Gasteiger partial charge in [0.2, 0.25) is 0 Å². The van der Waals surface area contributed by atoms with Crippen molar-refractivity contribution in [3.63, 3.8) is 0 Å². The van der Waals surface area contributed by atoms with Crippen LogP contribution in [0, 0.1) is 6.92 Å². The predicted molar refractivity (Wildman–Crippen MR) is 154 cm³/mol. The molecular weight excluding hydrogens is 546 g/mol. The summed E-state index contributed by atoms with van der Waals surface area (Å²) in [5.74, 6) is -1.34. The first kappa shape index (κ1) is 28.5. The number of imide groups is 2. The van der Waals surface area contributed by atoms with Gasteiger partial charge in [0, 0.05) is 11.1 Å². The minimum Gasteiger partial charge on any atom is -0.306 e. The average molecular weight is 572 g/mol. The molecule has 4 aromatic carbocycles. The predicted octanol–water partition coefficient (Wildman–Crippen LogP) is 4.72. The van der Waals surface area contributed by atoms with E-state index in [-0.39, 0.29) is 33.1 Å². The molecule has 6 amide bonds. The molecule has 0 heterocycles. The van der Waals surface area contributed by atoms with E-state index >= 15 is 0 Å². The highest BCUT2D eigenvalue weighted by molar-refractivity contribution is 7.92. The van der Waals surface area contributed by atoms with Crippen molar-refractivity contribution in [2.24, 2.45) is 0 Å². The third-order valence-electron chi connectivity index (χ3n) is 5.63. The minimum absolute atomic E-state index is 0.0176. The number of carbonyl (C=O) groups is 4. The van der Waals surface area contributed by atoms with E-state index in [1.165, 1.54) is 54.6 Å². The molecule has 11 nitrogen and oxygen atoms in total. The number of urea groups is 2. The van der Waals surface area contributed by atoms with Crippen LogP contribution in [0.15, 0.2) is 108 Å². The highest BCUT2D eigenvalue weighted by Gasteiger charge is 2.18. The van der Waals surface area contributed by atoms with Gasteiger partial charge in [-0.05, 0) is 61.5 Å².